The Morgan fingerprint density at radius 2 is 2.21 bits per heavy atom. The van der Waals surface area contributed by atoms with Crippen LogP contribution in [-0.2, 0) is 22.4 Å². The number of carbonyl (C=O) groups is 1. The lowest BCUT2D eigenvalue weighted by Gasteiger charge is -2.37. The third kappa shape index (κ3) is 4.20. The van der Waals surface area contributed by atoms with Gasteiger partial charge in [-0.1, -0.05) is 30.3 Å². The summed E-state index contributed by atoms with van der Waals surface area (Å²) >= 11 is 1.59. The lowest BCUT2D eigenvalue weighted by molar-refractivity contribution is -0.145. The highest BCUT2D eigenvalue weighted by Gasteiger charge is 2.29. The molecule has 2 unspecified atom stereocenters. The monoisotopic (exact) mass is 346 g/mol. The Hall–Kier alpha value is -1.76. The lowest BCUT2D eigenvalue weighted by atomic mass is 10.1. The quantitative estimate of drug-likeness (QED) is 0.898. The Kier molecular flexibility index (Phi) is 5.60. The van der Waals surface area contributed by atoms with Crippen LogP contribution in [0.2, 0.25) is 0 Å². The van der Waals surface area contributed by atoms with Crippen LogP contribution in [0.25, 0.3) is 0 Å². The Balaban J connectivity index is 1.60. The third-order valence-corrected chi connectivity index (χ3v) is 5.06. The van der Waals surface area contributed by atoms with Crippen LogP contribution in [0.15, 0.2) is 35.7 Å². The van der Waals surface area contributed by atoms with Crippen LogP contribution >= 0.6 is 11.3 Å². The van der Waals surface area contributed by atoms with E-state index in [2.05, 4.69) is 17.1 Å². The SMILES string of the molecule is CC1COC(CO)CN1C(=O)Cc1csc(Cc2ccccc2)n1. The number of thiazole rings is 1. The number of amides is 1. The molecule has 0 saturated carbocycles. The fourth-order valence-corrected chi connectivity index (χ4v) is 3.64. The number of nitrogens with zero attached hydrogens (tertiary/aromatic N) is 2. The second-order valence-electron chi connectivity index (χ2n) is 6.10. The molecule has 1 saturated heterocycles. The fraction of sp³-hybridized carbons (Fsp3) is 0.444. The van der Waals surface area contributed by atoms with Gasteiger partial charge in [-0.3, -0.25) is 4.79 Å². The van der Waals surface area contributed by atoms with Crippen molar-refractivity contribution in [3.8, 4) is 0 Å². The molecule has 2 heterocycles. The number of benzene rings is 1. The summed E-state index contributed by atoms with van der Waals surface area (Å²) in [7, 11) is 0. The van der Waals surface area contributed by atoms with Gasteiger partial charge in [0.15, 0.2) is 0 Å². The van der Waals surface area contributed by atoms with E-state index in [1.165, 1.54) is 5.56 Å². The molecule has 1 fully saturated rings. The van der Waals surface area contributed by atoms with Gasteiger partial charge in [0.2, 0.25) is 5.91 Å². The van der Waals surface area contributed by atoms with Gasteiger partial charge in [-0.05, 0) is 12.5 Å². The minimum Gasteiger partial charge on any atom is -0.394 e. The molecule has 1 aliphatic heterocycles. The van der Waals surface area contributed by atoms with Gasteiger partial charge in [0, 0.05) is 18.3 Å². The minimum atomic E-state index is -0.283. The fourth-order valence-electron chi connectivity index (χ4n) is 2.81. The number of rotatable bonds is 5. The van der Waals surface area contributed by atoms with Crippen LogP contribution in [0.4, 0.5) is 0 Å². The number of aliphatic hydroxyl groups excluding tert-OH is 1. The number of ether oxygens (including phenoxy) is 1. The summed E-state index contributed by atoms with van der Waals surface area (Å²) < 4.78 is 5.48. The lowest BCUT2D eigenvalue weighted by Crippen LogP contribution is -2.52. The second-order valence-corrected chi connectivity index (χ2v) is 7.05. The number of hydrogen-bond donors (Lipinski definition) is 1. The van der Waals surface area contributed by atoms with Crippen molar-refractivity contribution in [1.82, 2.24) is 9.88 Å². The molecule has 6 heteroatoms. The summed E-state index contributed by atoms with van der Waals surface area (Å²) in [5.74, 6) is 0.0424. The van der Waals surface area contributed by atoms with Crippen molar-refractivity contribution in [2.75, 3.05) is 19.8 Å². The van der Waals surface area contributed by atoms with E-state index >= 15 is 0 Å². The van der Waals surface area contributed by atoms with Gasteiger partial charge in [0.25, 0.3) is 0 Å². The first-order valence-electron chi connectivity index (χ1n) is 8.15. The molecular weight excluding hydrogens is 324 g/mol. The maximum Gasteiger partial charge on any atom is 0.229 e. The summed E-state index contributed by atoms with van der Waals surface area (Å²) in [5.41, 5.74) is 2.03. The first kappa shape index (κ1) is 17.1. The number of hydrogen-bond acceptors (Lipinski definition) is 5. The zero-order valence-corrected chi connectivity index (χ0v) is 14.5. The van der Waals surface area contributed by atoms with Gasteiger partial charge < -0.3 is 14.7 Å². The Morgan fingerprint density at radius 3 is 2.96 bits per heavy atom. The van der Waals surface area contributed by atoms with E-state index in [4.69, 9.17) is 4.74 Å². The predicted molar refractivity (Wildman–Crippen MR) is 93.1 cm³/mol. The molecule has 0 radical (unpaired) electrons. The Bertz CT molecular complexity index is 674. The summed E-state index contributed by atoms with van der Waals surface area (Å²) in [6.45, 7) is 2.81. The topological polar surface area (TPSA) is 62.7 Å². The molecule has 2 atom stereocenters. The van der Waals surface area contributed by atoms with E-state index in [9.17, 15) is 9.90 Å². The zero-order valence-electron chi connectivity index (χ0n) is 13.7. The van der Waals surface area contributed by atoms with Crippen LogP contribution in [0.1, 0.15) is 23.2 Å². The zero-order chi connectivity index (χ0) is 16.9. The van der Waals surface area contributed by atoms with Crippen molar-refractivity contribution in [1.29, 1.82) is 0 Å². The highest BCUT2D eigenvalue weighted by Crippen LogP contribution is 2.17. The van der Waals surface area contributed by atoms with E-state index in [0.29, 0.717) is 19.6 Å². The molecule has 1 amide bonds. The summed E-state index contributed by atoms with van der Waals surface area (Å²) in [4.78, 5) is 18.9. The molecule has 1 aliphatic rings. The largest absolute Gasteiger partial charge is 0.394 e. The average molecular weight is 346 g/mol. The molecule has 5 nitrogen and oxygen atoms in total. The maximum atomic E-state index is 12.6. The molecule has 1 aromatic carbocycles. The minimum absolute atomic E-state index is 0.0303. The van der Waals surface area contributed by atoms with Crippen LogP contribution in [0.3, 0.4) is 0 Å². The number of aromatic nitrogens is 1. The highest BCUT2D eigenvalue weighted by molar-refractivity contribution is 7.09. The molecular formula is C18H22N2O3S. The van der Waals surface area contributed by atoms with E-state index in [1.807, 2.05) is 30.5 Å². The Labute approximate surface area is 145 Å². The number of aliphatic hydroxyl groups is 1. The Morgan fingerprint density at radius 1 is 1.42 bits per heavy atom. The smallest absolute Gasteiger partial charge is 0.229 e. The molecule has 128 valence electrons. The van der Waals surface area contributed by atoms with Gasteiger partial charge in [0.1, 0.15) is 0 Å². The van der Waals surface area contributed by atoms with Crippen LogP contribution in [-0.4, -0.2) is 52.8 Å². The highest BCUT2D eigenvalue weighted by atomic mass is 32.1. The van der Waals surface area contributed by atoms with Crippen LogP contribution in [0.5, 0.6) is 0 Å². The summed E-state index contributed by atoms with van der Waals surface area (Å²) in [6.07, 6.45) is 0.808. The van der Waals surface area contributed by atoms with E-state index in [1.54, 1.807) is 16.2 Å². The predicted octanol–water partition coefficient (Wildman–Crippen LogP) is 1.88. The maximum absolute atomic E-state index is 12.6. The van der Waals surface area contributed by atoms with Gasteiger partial charge in [-0.25, -0.2) is 4.98 Å². The van der Waals surface area contributed by atoms with Crippen molar-refractivity contribution in [3.63, 3.8) is 0 Å². The molecule has 0 aliphatic carbocycles. The number of morpholine rings is 1. The molecule has 1 aromatic heterocycles. The van der Waals surface area contributed by atoms with Crippen LogP contribution in [0, 0.1) is 0 Å². The van der Waals surface area contributed by atoms with E-state index in [0.717, 1.165) is 17.1 Å². The first-order valence-corrected chi connectivity index (χ1v) is 9.03. The molecule has 2 aromatic rings. The van der Waals surface area contributed by atoms with E-state index < -0.39 is 0 Å². The van der Waals surface area contributed by atoms with Crippen molar-refractivity contribution < 1.29 is 14.6 Å². The van der Waals surface area contributed by atoms with Crippen molar-refractivity contribution in [3.05, 3.63) is 52.0 Å². The summed E-state index contributed by atoms with van der Waals surface area (Å²) in [5, 5.41) is 12.2. The third-order valence-electron chi connectivity index (χ3n) is 4.16. The summed E-state index contributed by atoms with van der Waals surface area (Å²) in [6, 6.07) is 10.2. The van der Waals surface area contributed by atoms with Gasteiger partial charge >= 0.3 is 0 Å². The number of carbonyl (C=O) groups excluding carboxylic acids is 1. The molecule has 1 N–H and O–H groups in total. The molecule has 0 spiro atoms. The van der Waals surface area contributed by atoms with Gasteiger partial charge in [-0.15, -0.1) is 11.3 Å². The van der Waals surface area contributed by atoms with E-state index in [-0.39, 0.29) is 24.7 Å². The van der Waals surface area contributed by atoms with Crippen molar-refractivity contribution in [2.45, 2.75) is 31.9 Å². The van der Waals surface area contributed by atoms with Gasteiger partial charge in [0.05, 0.1) is 42.5 Å². The normalized spacial score (nSPS) is 21.0. The average Bonchev–Trinajstić information content (AvgIpc) is 3.03. The van der Waals surface area contributed by atoms with Crippen molar-refractivity contribution >= 4 is 17.2 Å². The second kappa shape index (κ2) is 7.88. The molecule has 3 rings (SSSR count). The molecule has 0 bridgehead atoms. The molecule has 24 heavy (non-hydrogen) atoms. The van der Waals surface area contributed by atoms with Crippen molar-refractivity contribution in [2.24, 2.45) is 0 Å². The van der Waals surface area contributed by atoms with Gasteiger partial charge in [-0.2, -0.15) is 0 Å². The standard InChI is InChI=1S/C18H22N2O3S/c1-13-11-23-16(10-21)9-20(13)18(22)8-15-12-24-17(19-15)7-14-5-3-2-4-6-14/h2-6,12-13,16,21H,7-11H2,1H3. The van der Waals surface area contributed by atoms with Crippen LogP contribution < -0.4 is 0 Å². The first-order chi connectivity index (χ1) is 11.7.